The highest BCUT2D eigenvalue weighted by atomic mass is 32.2. The van der Waals surface area contributed by atoms with Crippen LogP contribution in [0, 0.1) is 10.1 Å². The number of amides is 2. The van der Waals surface area contributed by atoms with Crippen LogP contribution >= 0.6 is 0 Å². The first kappa shape index (κ1) is 23.6. The molecule has 0 saturated heterocycles. The maximum atomic E-state index is 12.7. The van der Waals surface area contributed by atoms with Crippen LogP contribution < -0.4 is 10.6 Å². The molecule has 170 valence electrons. The second kappa shape index (κ2) is 9.61. The molecule has 0 aliphatic rings. The fourth-order valence-electron chi connectivity index (χ4n) is 3.08. The van der Waals surface area contributed by atoms with Crippen LogP contribution in [0.5, 0.6) is 0 Å². The third-order valence-electron chi connectivity index (χ3n) is 4.82. The van der Waals surface area contributed by atoms with Gasteiger partial charge in [-0.25, -0.2) is 8.42 Å². The fraction of sp³-hybridized carbons (Fsp3) is 0.130. The minimum absolute atomic E-state index is 0.148. The molecule has 3 aromatic rings. The quantitative estimate of drug-likeness (QED) is 0.401. The molecule has 2 amide bonds. The minimum Gasteiger partial charge on any atom is -0.346 e. The van der Waals surface area contributed by atoms with E-state index in [1.807, 2.05) is 6.07 Å². The molecule has 10 heteroatoms. The van der Waals surface area contributed by atoms with Crippen LogP contribution in [0.15, 0.2) is 77.7 Å². The van der Waals surface area contributed by atoms with E-state index in [-0.39, 0.29) is 16.4 Å². The lowest BCUT2D eigenvalue weighted by Crippen LogP contribution is -2.27. The predicted molar refractivity (Wildman–Crippen MR) is 123 cm³/mol. The van der Waals surface area contributed by atoms with Crippen LogP contribution in [0.25, 0.3) is 0 Å². The van der Waals surface area contributed by atoms with E-state index in [1.165, 1.54) is 0 Å². The molecule has 0 radical (unpaired) electrons. The molecule has 3 rings (SSSR count). The summed E-state index contributed by atoms with van der Waals surface area (Å²) < 4.78 is 23.7. The first-order valence-corrected chi connectivity index (χ1v) is 11.7. The van der Waals surface area contributed by atoms with Gasteiger partial charge in [0, 0.05) is 35.2 Å². The zero-order valence-electron chi connectivity index (χ0n) is 17.8. The highest BCUT2D eigenvalue weighted by molar-refractivity contribution is 7.90. The smallest absolute Gasteiger partial charge is 0.271 e. The predicted octanol–water partition coefficient (Wildman–Crippen LogP) is 3.74. The van der Waals surface area contributed by atoms with E-state index in [0.29, 0.717) is 16.8 Å². The normalized spacial score (nSPS) is 11.9. The molecule has 0 spiro atoms. The molecule has 0 aliphatic heterocycles. The summed E-state index contributed by atoms with van der Waals surface area (Å²) in [7, 11) is -3.76. The summed E-state index contributed by atoms with van der Waals surface area (Å²) in [5.41, 5.74) is 1.04. The van der Waals surface area contributed by atoms with Gasteiger partial charge in [-0.3, -0.25) is 19.7 Å². The van der Waals surface area contributed by atoms with Crippen molar-refractivity contribution >= 4 is 33.0 Å². The molecular formula is C23H21N3O6S. The van der Waals surface area contributed by atoms with Crippen LogP contribution in [0.1, 0.15) is 39.2 Å². The number of nitro benzene ring substituents is 1. The molecule has 1 atom stereocenters. The fourth-order valence-corrected chi connectivity index (χ4v) is 3.75. The standard InChI is InChI=1S/C23H21N3O6S/c1-15(17-9-6-10-19(11-17)25-22(27)16-7-4-3-5-8-16)24-23(28)18-12-20(26(29)30)14-21(13-18)33(2,31)32/h3-15H,1-2H3,(H,24,28)(H,25,27). The Kier molecular flexibility index (Phi) is 6.88. The third-order valence-corrected chi connectivity index (χ3v) is 5.91. The maximum absolute atomic E-state index is 12.7. The second-order valence-electron chi connectivity index (χ2n) is 7.39. The Labute approximate surface area is 190 Å². The van der Waals surface area contributed by atoms with Gasteiger partial charge in [-0.05, 0) is 42.8 Å². The number of hydrogen-bond donors (Lipinski definition) is 2. The molecule has 0 aliphatic carbocycles. The van der Waals surface area contributed by atoms with E-state index < -0.39 is 32.4 Å². The van der Waals surface area contributed by atoms with Crippen molar-refractivity contribution in [3.05, 3.63) is 99.6 Å². The lowest BCUT2D eigenvalue weighted by Gasteiger charge is -2.16. The molecular weight excluding hydrogens is 446 g/mol. The SMILES string of the molecule is CC(NC(=O)c1cc([N+](=O)[O-])cc(S(C)(=O)=O)c1)c1cccc(NC(=O)c2ccccc2)c1. The van der Waals surface area contributed by atoms with Crippen molar-refractivity contribution in [2.24, 2.45) is 0 Å². The van der Waals surface area contributed by atoms with E-state index >= 15 is 0 Å². The number of carbonyl (C=O) groups excluding carboxylic acids is 2. The van der Waals surface area contributed by atoms with Crippen molar-refractivity contribution in [2.75, 3.05) is 11.6 Å². The minimum atomic E-state index is -3.76. The number of rotatable bonds is 7. The van der Waals surface area contributed by atoms with Gasteiger partial charge in [0.05, 0.1) is 15.9 Å². The Bertz CT molecular complexity index is 1320. The van der Waals surface area contributed by atoms with Gasteiger partial charge in [0.25, 0.3) is 17.5 Å². The van der Waals surface area contributed by atoms with Crippen molar-refractivity contribution in [1.29, 1.82) is 0 Å². The highest BCUT2D eigenvalue weighted by Gasteiger charge is 2.20. The third kappa shape index (κ3) is 6.01. The molecule has 0 bridgehead atoms. The summed E-state index contributed by atoms with van der Waals surface area (Å²) >= 11 is 0. The second-order valence-corrected chi connectivity index (χ2v) is 9.40. The van der Waals surface area contributed by atoms with Crippen molar-refractivity contribution in [3.8, 4) is 0 Å². The molecule has 0 aromatic heterocycles. The van der Waals surface area contributed by atoms with Crippen LogP contribution in [-0.2, 0) is 9.84 Å². The van der Waals surface area contributed by atoms with Gasteiger partial charge >= 0.3 is 0 Å². The molecule has 2 N–H and O–H groups in total. The summed E-state index contributed by atoms with van der Waals surface area (Å²) in [6.07, 6.45) is 0.908. The number of benzene rings is 3. The van der Waals surface area contributed by atoms with Crippen LogP contribution in [0.2, 0.25) is 0 Å². The number of anilines is 1. The van der Waals surface area contributed by atoms with Gasteiger partial charge in [0.2, 0.25) is 0 Å². The topological polar surface area (TPSA) is 135 Å². The van der Waals surface area contributed by atoms with Crippen LogP contribution in [0.4, 0.5) is 11.4 Å². The van der Waals surface area contributed by atoms with Crippen LogP contribution in [-0.4, -0.2) is 31.4 Å². The Morgan fingerprint density at radius 3 is 2.24 bits per heavy atom. The summed E-state index contributed by atoms with van der Waals surface area (Å²) in [5.74, 6) is -0.954. The molecule has 33 heavy (non-hydrogen) atoms. The lowest BCUT2D eigenvalue weighted by molar-refractivity contribution is -0.385. The maximum Gasteiger partial charge on any atom is 0.271 e. The van der Waals surface area contributed by atoms with E-state index in [1.54, 1.807) is 55.5 Å². The number of carbonyl (C=O) groups is 2. The van der Waals surface area contributed by atoms with Gasteiger partial charge in [-0.1, -0.05) is 30.3 Å². The van der Waals surface area contributed by atoms with Crippen molar-refractivity contribution < 1.29 is 22.9 Å². The molecule has 3 aromatic carbocycles. The van der Waals surface area contributed by atoms with Gasteiger partial charge < -0.3 is 10.6 Å². The number of sulfone groups is 1. The number of nitrogens with zero attached hydrogens (tertiary/aromatic N) is 1. The molecule has 0 saturated carbocycles. The zero-order chi connectivity index (χ0) is 24.2. The molecule has 1 unspecified atom stereocenters. The van der Waals surface area contributed by atoms with E-state index in [0.717, 1.165) is 24.5 Å². The number of hydrogen-bond acceptors (Lipinski definition) is 6. The Hall–Kier alpha value is -4.05. The Balaban J connectivity index is 1.79. The van der Waals surface area contributed by atoms with Gasteiger partial charge in [-0.2, -0.15) is 0 Å². The summed E-state index contributed by atoms with van der Waals surface area (Å²) in [6.45, 7) is 1.70. The average Bonchev–Trinajstić information content (AvgIpc) is 2.78. The zero-order valence-corrected chi connectivity index (χ0v) is 18.6. The largest absolute Gasteiger partial charge is 0.346 e. The molecule has 0 heterocycles. The number of nitro groups is 1. The van der Waals surface area contributed by atoms with Gasteiger partial charge in [0.1, 0.15) is 0 Å². The summed E-state index contributed by atoms with van der Waals surface area (Å²) in [5, 5.41) is 16.7. The van der Waals surface area contributed by atoms with E-state index in [4.69, 9.17) is 0 Å². The van der Waals surface area contributed by atoms with Crippen molar-refractivity contribution in [2.45, 2.75) is 17.9 Å². The Morgan fingerprint density at radius 2 is 1.61 bits per heavy atom. The first-order chi connectivity index (χ1) is 15.5. The monoisotopic (exact) mass is 467 g/mol. The summed E-state index contributed by atoms with van der Waals surface area (Å²) in [4.78, 5) is 35.2. The van der Waals surface area contributed by atoms with Gasteiger partial charge in [-0.15, -0.1) is 0 Å². The number of nitrogens with one attached hydrogen (secondary N) is 2. The van der Waals surface area contributed by atoms with Crippen molar-refractivity contribution in [1.82, 2.24) is 5.32 Å². The highest BCUT2D eigenvalue weighted by Crippen LogP contribution is 2.23. The Morgan fingerprint density at radius 1 is 0.909 bits per heavy atom. The van der Waals surface area contributed by atoms with Gasteiger partial charge in [0.15, 0.2) is 9.84 Å². The summed E-state index contributed by atoms with van der Waals surface area (Å²) in [6, 6.07) is 18.1. The first-order valence-electron chi connectivity index (χ1n) is 9.81. The number of non-ortho nitro benzene ring substituents is 1. The average molecular weight is 468 g/mol. The lowest BCUT2D eigenvalue weighted by atomic mass is 10.1. The van der Waals surface area contributed by atoms with E-state index in [9.17, 15) is 28.1 Å². The van der Waals surface area contributed by atoms with E-state index in [2.05, 4.69) is 10.6 Å². The molecule has 9 nitrogen and oxygen atoms in total. The van der Waals surface area contributed by atoms with Crippen LogP contribution in [0.3, 0.4) is 0 Å². The molecule has 0 fully saturated rings. The van der Waals surface area contributed by atoms with Crippen molar-refractivity contribution in [3.63, 3.8) is 0 Å².